The highest BCUT2D eigenvalue weighted by Gasteiger charge is 2.50. The molecule has 15 heteroatoms. The third-order valence-electron chi connectivity index (χ3n) is 12.2. The zero-order valence-corrected chi connectivity index (χ0v) is 40.7. The molecule has 1 unspecified atom stereocenters. The van der Waals surface area contributed by atoms with Crippen LogP contribution in [-0.4, -0.2) is 116 Å². The molecule has 2 heterocycles. The summed E-state index contributed by atoms with van der Waals surface area (Å²) < 4.78 is 22.8. The number of esters is 1. The van der Waals surface area contributed by atoms with E-state index >= 15 is 0 Å². The lowest BCUT2D eigenvalue weighted by Gasteiger charge is -2.41. The molecule has 0 saturated carbocycles. The van der Waals surface area contributed by atoms with Gasteiger partial charge in [-0.25, -0.2) is 0 Å². The lowest BCUT2D eigenvalue weighted by atomic mass is 9.93. The Morgan fingerprint density at radius 3 is 1.91 bits per heavy atom. The van der Waals surface area contributed by atoms with Gasteiger partial charge in [0.25, 0.3) is 5.91 Å². The summed E-state index contributed by atoms with van der Waals surface area (Å²) >= 11 is 0. The van der Waals surface area contributed by atoms with Gasteiger partial charge in [-0.1, -0.05) is 94.3 Å². The van der Waals surface area contributed by atoms with E-state index in [0.29, 0.717) is 61.5 Å². The van der Waals surface area contributed by atoms with Gasteiger partial charge in [0.2, 0.25) is 17.7 Å². The Kier molecular flexibility index (Phi) is 19.3. The second kappa shape index (κ2) is 24.8. The molecule has 366 valence electrons. The van der Waals surface area contributed by atoms with E-state index in [1.807, 2.05) is 94.4 Å². The number of hydrogen-bond donors (Lipinski definition) is 4. The molecular formula is C53H70N5O10+. The molecule has 0 radical (unpaired) electrons. The van der Waals surface area contributed by atoms with Crippen molar-refractivity contribution in [1.29, 1.82) is 0 Å². The first-order valence-electron chi connectivity index (χ1n) is 23.7. The second-order valence-corrected chi connectivity index (χ2v) is 19.2. The Bertz CT molecular complexity index is 2250. The molecule has 4 amide bonds. The predicted octanol–water partition coefficient (Wildman–Crippen LogP) is 4.54. The van der Waals surface area contributed by atoms with Crippen molar-refractivity contribution in [3.8, 4) is 23.8 Å². The molecule has 3 aromatic rings. The van der Waals surface area contributed by atoms with Gasteiger partial charge in [-0.05, 0) is 80.2 Å². The SMILES string of the molecule is C#CCOc1cc(C[N+]2(CC(=O)N[C@@H](CCc3ccccc3)C(=O)N[C@@H](CC(C)C)C(=O)N[C@@H](Cc3ccccc3)C(=O)NC(CC(C)C)C(=O)[C@@]3(C)CO3)CCOCC2)cc(C)c1OC(C)=O. The van der Waals surface area contributed by atoms with E-state index in [2.05, 4.69) is 27.2 Å². The Labute approximate surface area is 401 Å². The number of epoxide rings is 1. The van der Waals surface area contributed by atoms with Crippen molar-refractivity contribution in [2.45, 2.75) is 117 Å². The highest BCUT2D eigenvalue weighted by Crippen LogP contribution is 2.35. The van der Waals surface area contributed by atoms with Crippen LogP contribution < -0.4 is 30.7 Å². The zero-order chi connectivity index (χ0) is 49.4. The molecular weight excluding hydrogens is 867 g/mol. The van der Waals surface area contributed by atoms with Gasteiger partial charge >= 0.3 is 5.97 Å². The number of terminal acetylenes is 1. The number of ether oxygens (including phenoxy) is 4. The molecule has 0 aliphatic carbocycles. The van der Waals surface area contributed by atoms with Gasteiger partial charge in [0, 0.05) is 18.9 Å². The molecule has 0 aromatic heterocycles. The lowest BCUT2D eigenvalue weighted by molar-refractivity contribution is -0.940. The summed E-state index contributed by atoms with van der Waals surface area (Å²) in [7, 11) is 0. The molecule has 5 atom stereocenters. The van der Waals surface area contributed by atoms with Gasteiger partial charge in [-0.15, -0.1) is 6.42 Å². The molecule has 68 heavy (non-hydrogen) atoms. The van der Waals surface area contributed by atoms with Crippen LogP contribution in [0.2, 0.25) is 0 Å². The Morgan fingerprint density at radius 1 is 0.765 bits per heavy atom. The zero-order valence-electron chi connectivity index (χ0n) is 40.7. The number of nitrogens with zero attached hydrogens (tertiary/aromatic N) is 1. The van der Waals surface area contributed by atoms with Crippen molar-refractivity contribution in [3.63, 3.8) is 0 Å². The van der Waals surface area contributed by atoms with Crippen LogP contribution in [0.3, 0.4) is 0 Å². The van der Waals surface area contributed by atoms with Gasteiger partial charge < -0.3 is 44.7 Å². The highest BCUT2D eigenvalue weighted by molar-refractivity contribution is 5.99. The molecule has 15 nitrogen and oxygen atoms in total. The number of carbonyl (C=O) groups excluding carboxylic acids is 6. The largest absolute Gasteiger partial charge is 0.477 e. The number of benzene rings is 3. The fourth-order valence-corrected chi connectivity index (χ4v) is 8.57. The summed E-state index contributed by atoms with van der Waals surface area (Å²) in [6.45, 7) is 15.1. The number of amides is 4. The van der Waals surface area contributed by atoms with E-state index in [4.69, 9.17) is 25.4 Å². The molecule has 4 N–H and O–H groups in total. The molecule has 5 rings (SSSR count). The predicted molar refractivity (Wildman–Crippen MR) is 257 cm³/mol. The van der Waals surface area contributed by atoms with E-state index in [-0.39, 0.29) is 68.3 Å². The summed E-state index contributed by atoms with van der Waals surface area (Å²) in [4.78, 5) is 82.9. The summed E-state index contributed by atoms with van der Waals surface area (Å²) in [6, 6.07) is 18.5. The summed E-state index contributed by atoms with van der Waals surface area (Å²) in [5.74, 6) is 0.345. The van der Waals surface area contributed by atoms with Crippen molar-refractivity contribution >= 4 is 35.4 Å². The van der Waals surface area contributed by atoms with Crippen molar-refractivity contribution in [1.82, 2.24) is 21.3 Å². The third-order valence-corrected chi connectivity index (χ3v) is 12.2. The van der Waals surface area contributed by atoms with Gasteiger partial charge in [-0.3, -0.25) is 28.8 Å². The quantitative estimate of drug-likeness (QED) is 0.0309. The van der Waals surface area contributed by atoms with Gasteiger partial charge in [-0.2, -0.15) is 0 Å². The number of ketones is 1. The Morgan fingerprint density at radius 2 is 1.32 bits per heavy atom. The first-order chi connectivity index (χ1) is 32.4. The average molecular weight is 937 g/mol. The molecule has 2 saturated heterocycles. The van der Waals surface area contributed by atoms with Gasteiger partial charge in [0.1, 0.15) is 50.0 Å². The van der Waals surface area contributed by atoms with Crippen LogP contribution in [0.15, 0.2) is 72.8 Å². The number of morpholine rings is 1. The number of rotatable bonds is 25. The van der Waals surface area contributed by atoms with Crippen molar-refractivity contribution < 1.29 is 52.2 Å². The number of hydrogen-bond acceptors (Lipinski definition) is 10. The monoisotopic (exact) mass is 937 g/mol. The van der Waals surface area contributed by atoms with Crippen LogP contribution in [0.1, 0.15) is 83.1 Å². The maximum atomic E-state index is 14.5. The fourth-order valence-electron chi connectivity index (χ4n) is 8.57. The van der Waals surface area contributed by atoms with Crippen molar-refractivity contribution in [2.75, 3.05) is 46.1 Å². The van der Waals surface area contributed by atoms with Crippen LogP contribution in [0.5, 0.6) is 11.5 Å². The smallest absolute Gasteiger partial charge is 0.308 e. The minimum atomic E-state index is -1.09. The molecule has 2 aliphatic rings. The van der Waals surface area contributed by atoms with Gasteiger partial charge in [0.05, 0.1) is 25.9 Å². The third kappa shape index (κ3) is 16.0. The standard InChI is InChI=1S/C53H69N5O10/c1-9-24-66-46-31-41(29-37(6)48(46)68-38(7)59)32-58(22-25-65-26-23-58)33-47(60)54-42(21-20-39-16-12-10-13-17-39)50(62)56-44(28-36(4)5)51(63)57-45(30-40-18-14-11-15-19-40)52(64)55-43(27-35(2)3)49(61)53(8)34-67-53/h1,10-19,29,31,35-36,42-45H,20-28,30,32-34H2,2-8H3,(H3-,54,55,56,57,60,62,63,64)/p+1/t42-,43?,44-,45-,53+/m0/s1. The number of nitrogens with one attached hydrogen (secondary N) is 4. The van der Waals surface area contributed by atoms with Crippen LogP contribution in [0.4, 0.5) is 0 Å². The number of carbonyl (C=O) groups is 6. The summed E-state index contributed by atoms with van der Waals surface area (Å²) in [5.41, 5.74) is 2.28. The number of aryl methyl sites for hydroxylation is 2. The number of Topliss-reactive ketones (excluding diaryl/α,β-unsaturated/α-hetero) is 1. The first-order valence-corrected chi connectivity index (χ1v) is 23.7. The van der Waals surface area contributed by atoms with Crippen LogP contribution >= 0.6 is 0 Å². The fraction of sp³-hybridized carbons (Fsp3) is 0.509. The minimum Gasteiger partial charge on any atom is -0.477 e. The van der Waals surface area contributed by atoms with Crippen molar-refractivity contribution in [2.24, 2.45) is 11.8 Å². The topological polar surface area (TPSA) is 191 Å². The minimum absolute atomic E-state index is 0.0154. The highest BCUT2D eigenvalue weighted by atomic mass is 16.6. The van der Waals surface area contributed by atoms with E-state index in [0.717, 1.165) is 16.7 Å². The first kappa shape index (κ1) is 52.9. The van der Waals surface area contributed by atoms with E-state index in [1.54, 1.807) is 19.9 Å². The number of quaternary nitrogens is 1. The van der Waals surface area contributed by atoms with Crippen molar-refractivity contribution in [3.05, 3.63) is 95.1 Å². The van der Waals surface area contributed by atoms with Gasteiger partial charge in [0.15, 0.2) is 23.8 Å². The molecule has 3 aromatic carbocycles. The summed E-state index contributed by atoms with van der Waals surface area (Å²) in [5, 5.41) is 11.8. The average Bonchev–Trinajstić information content (AvgIpc) is 4.05. The van der Waals surface area contributed by atoms with E-state index in [1.165, 1.54) is 6.92 Å². The maximum absolute atomic E-state index is 14.5. The molecule has 2 aliphatic heterocycles. The van der Waals surface area contributed by atoms with E-state index < -0.39 is 53.5 Å². The maximum Gasteiger partial charge on any atom is 0.308 e. The molecule has 0 bridgehead atoms. The second-order valence-electron chi connectivity index (χ2n) is 19.2. The molecule has 0 spiro atoms. The van der Waals surface area contributed by atoms with Crippen LogP contribution in [-0.2, 0) is 57.6 Å². The van der Waals surface area contributed by atoms with E-state index in [9.17, 15) is 28.8 Å². The Hall–Kier alpha value is -6.08. The van der Waals surface area contributed by atoms with Crippen LogP contribution in [0, 0.1) is 31.1 Å². The lowest BCUT2D eigenvalue weighted by Crippen LogP contribution is -2.61. The van der Waals surface area contributed by atoms with Crippen LogP contribution in [0.25, 0.3) is 0 Å². The Balaban J connectivity index is 1.38. The normalized spacial score (nSPS) is 17.9. The summed E-state index contributed by atoms with van der Waals surface area (Å²) in [6.07, 6.45) is 6.95. The molecule has 2 fully saturated rings.